The number of nitrogens with one attached hydrogen (secondary N) is 1. The fourth-order valence-corrected chi connectivity index (χ4v) is 4.51. The van der Waals surface area contributed by atoms with Crippen LogP contribution in [0.2, 0.25) is 5.02 Å². The van der Waals surface area contributed by atoms with E-state index in [2.05, 4.69) is 15.2 Å². The standard InChI is InChI=1S/C26H33ClN4O4/c1-30-14-16-31(17-15-30)26(33)23(18-34-20-6-3-2-4-7-20)29-24(32)22-8-5-13-28-25(22)35-21-11-9-19(27)10-12-21/h5,8-13,20,23H,2-4,6-7,14-18H2,1H3,(H,29,32). The van der Waals surface area contributed by atoms with E-state index in [0.29, 0.717) is 23.9 Å². The number of piperazine rings is 1. The van der Waals surface area contributed by atoms with Gasteiger partial charge in [0.05, 0.1) is 12.7 Å². The van der Waals surface area contributed by atoms with E-state index in [9.17, 15) is 9.59 Å². The van der Waals surface area contributed by atoms with Gasteiger partial charge in [-0.3, -0.25) is 9.59 Å². The number of hydrogen-bond donors (Lipinski definition) is 1. The minimum Gasteiger partial charge on any atom is -0.438 e. The Balaban J connectivity index is 1.47. The van der Waals surface area contributed by atoms with Crippen molar-refractivity contribution in [2.45, 2.75) is 44.2 Å². The van der Waals surface area contributed by atoms with E-state index >= 15 is 0 Å². The van der Waals surface area contributed by atoms with E-state index in [1.165, 1.54) is 6.42 Å². The fourth-order valence-electron chi connectivity index (χ4n) is 4.38. The summed E-state index contributed by atoms with van der Waals surface area (Å²) in [6, 6.07) is 9.33. The molecule has 1 aliphatic heterocycles. The lowest BCUT2D eigenvalue weighted by atomic mass is 9.98. The first-order chi connectivity index (χ1) is 17.0. The van der Waals surface area contributed by atoms with E-state index in [-0.39, 0.29) is 30.1 Å². The molecular formula is C26H33ClN4O4. The van der Waals surface area contributed by atoms with Crippen molar-refractivity contribution in [2.75, 3.05) is 39.8 Å². The molecule has 1 atom stereocenters. The molecule has 1 unspecified atom stereocenters. The molecule has 0 bridgehead atoms. The Morgan fingerprint density at radius 1 is 1.09 bits per heavy atom. The molecule has 2 aromatic rings. The highest BCUT2D eigenvalue weighted by molar-refractivity contribution is 6.30. The van der Waals surface area contributed by atoms with Crippen LogP contribution >= 0.6 is 11.6 Å². The number of ether oxygens (including phenoxy) is 2. The van der Waals surface area contributed by atoms with Gasteiger partial charge in [0.15, 0.2) is 0 Å². The Kier molecular flexibility index (Phi) is 8.95. The van der Waals surface area contributed by atoms with Crippen molar-refractivity contribution in [1.82, 2.24) is 20.1 Å². The Labute approximate surface area is 211 Å². The van der Waals surface area contributed by atoms with Crippen molar-refractivity contribution in [3.8, 4) is 11.6 Å². The third kappa shape index (κ3) is 7.16. The molecule has 4 rings (SSSR count). The number of carbonyl (C=O) groups excluding carboxylic acids is 2. The maximum absolute atomic E-state index is 13.4. The molecule has 35 heavy (non-hydrogen) atoms. The maximum Gasteiger partial charge on any atom is 0.257 e. The van der Waals surface area contributed by atoms with Gasteiger partial charge in [0, 0.05) is 37.4 Å². The lowest BCUT2D eigenvalue weighted by Crippen LogP contribution is -2.56. The van der Waals surface area contributed by atoms with E-state index in [4.69, 9.17) is 21.1 Å². The molecular weight excluding hydrogens is 468 g/mol. The number of benzene rings is 1. The monoisotopic (exact) mass is 500 g/mol. The Hall–Kier alpha value is -2.68. The Morgan fingerprint density at radius 2 is 1.80 bits per heavy atom. The zero-order chi connectivity index (χ0) is 24.6. The summed E-state index contributed by atoms with van der Waals surface area (Å²) in [6.07, 6.45) is 7.16. The first-order valence-corrected chi connectivity index (χ1v) is 12.7. The van der Waals surface area contributed by atoms with Gasteiger partial charge in [-0.05, 0) is 56.3 Å². The van der Waals surface area contributed by atoms with Crippen LogP contribution in [0.5, 0.6) is 11.6 Å². The van der Waals surface area contributed by atoms with Crippen LogP contribution in [0, 0.1) is 0 Å². The topological polar surface area (TPSA) is 84.0 Å². The first-order valence-electron chi connectivity index (χ1n) is 12.3. The van der Waals surface area contributed by atoms with Crippen LogP contribution in [-0.4, -0.2) is 78.6 Å². The van der Waals surface area contributed by atoms with Gasteiger partial charge < -0.3 is 24.6 Å². The predicted octanol–water partition coefficient (Wildman–Crippen LogP) is 3.75. The highest BCUT2D eigenvalue weighted by atomic mass is 35.5. The number of nitrogens with zero attached hydrogens (tertiary/aromatic N) is 3. The molecule has 2 aliphatic rings. The van der Waals surface area contributed by atoms with Crippen LogP contribution in [0.1, 0.15) is 42.5 Å². The average molecular weight is 501 g/mol. The minimum absolute atomic E-state index is 0.119. The molecule has 1 saturated carbocycles. The van der Waals surface area contributed by atoms with Crippen LogP contribution in [0.15, 0.2) is 42.6 Å². The second kappa shape index (κ2) is 12.3. The fraction of sp³-hybridized carbons (Fsp3) is 0.500. The van der Waals surface area contributed by atoms with Gasteiger partial charge in [-0.15, -0.1) is 0 Å². The van der Waals surface area contributed by atoms with Gasteiger partial charge in [-0.25, -0.2) is 4.98 Å². The molecule has 1 aromatic heterocycles. The summed E-state index contributed by atoms with van der Waals surface area (Å²) in [4.78, 5) is 35.0. The molecule has 9 heteroatoms. The SMILES string of the molecule is CN1CCN(C(=O)C(COC2CCCCC2)NC(=O)c2cccnc2Oc2ccc(Cl)cc2)CC1. The van der Waals surface area contributed by atoms with Gasteiger partial charge in [-0.1, -0.05) is 30.9 Å². The summed E-state index contributed by atoms with van der Waals surface area (Å²) in [5.41, 5.74) is 0.247. The highest BCUT2D eigenvalue weighted by Crippen LogP contribution is 2.25. The minimum atomic E-state index is -0.781. The summed E-state index contributed by atoms with van der Waals surface area (Å²) in [5, 5.41) is 3.49. The molecule has 0 spiro atoms. The van der Waals surface area contributed by atoms with E-state index < -0.39 is 11.9 Å². The van der Waals surface area contributed by atoms with Crippen molar-refractivity contribution in [2.24, 2.45) is 0 Å². The zero-order valence-corrected chi connectivity index (χ0v) is 20.9. The summed E-state index contributed by atoms with van der Waals surface area (Å²) < 4.78 is 12.0. The third-order valence-electron chi connectivity index (χ3n) is 6.51. The van der Waals surface area contributed by atoms with Gasteiger partial charge in [0.1, 0.15) is 17.4 Å². The second-order valence-corrected chi connectivity index (χ2v) is 9.60. The van der Waals surface area contributed by atoms with Crippen LogP contribution in [0.25, 0.3) is 0 Å². The molecule has 188 valence electrons. The third-order valence-corrected chi connectivity index (χ3v) is 6.77. The van der Waals surface area contributed by atoms with Crippen molar-refractivity contribution in [1.29, 1.82) is 0 Å². The van der Waals surface area contributed by atoms with Crippen LogP contribution in [0.4, 0.5) is 0 Å². The predicted molar refractivity (Wildman–Crippen MR) is 134 cm³/mol. The molecule has 2 fully saturated rings. The average Bonchev–Trinajstić information content (AvgIpc) is 2.89. The normalized spacial score (nSPS) is 18.2. The van der Waals surface area contributed by atoms with Crippen LogP contribution in [-0.2, 0) is 9.53 Å². The van der Waals surface area contributed by atoms with Crippen LogP contribution in [0.3, 0.4) is 0 Å². The number of rotatable bonds is 8. The molecule has 2 amide bonds. The van der Waals surface area contributed by atoms with Crippen molar-refractivity contribution < 1.29 is 19.1 Å². The molecule has 1 aliphatic carbocycles. The van der Waals surface area contributed by atoms with Gasteiger partial charge in [0.2, 0.25) is 11.8 Å². The van der Waals surface area contributed by atoms with Crippen molar-refractivity contribution in [3.63, 3.8) is 0 Å². The van der Waals surface area contributed by atoms with Crippen molar-refractivity contribution in [3.05, 3.63) is 53.2 Å². The lowest BCUT2D eigenvalue weighted by Gasteiger charge is -2.35. The molecule has 1 saturated heterocycles. The number of likely N-dealkylation sites (N-methyl/N-ethyl adjacent to an activating group) is 1. The maximum atomic E-state index is 13.4. The van der Waals surface area contributed by atoms with Gasteiger partial charge in [-0.2, -0.15) is 0 Å². The number of pyridine rings is 1. The quantitative estimate of drug-likeness (QED) is 0.594. The number of amides is 2. The van der Waals surface area contributed by atoms with Gasteiger partial charge >= 0.3 is 0 Å². The van der Waals surface area contributed by atoms with Crippen LogP contribution < -0.4 is 10.1 Å². The molecule has 0 radical (unpaired) electrons. The summed E-state index contributed by atoms with van der Waals surface area (Å²) in [5.74, 6) is 0.118. The molecule has 1 N–H and O–H groups in total. The van der Waals surface area contributed by atoms with E-state index in [0.717, 1.165) is 38.8 Å². The smallest absolute Gasteiger partial charge is 0.257 e. The lowest BCUT2D eigenvalue weighted by molar-refractivity contribution is -0.137. The second-order valence-electron chi connectivity index (χ2n) is 9.16. The summed E-state index contributed by atoms with van der Waals surface area (Å²) in [6.45, 7) is 3.01. The zero-order valence-electron chi connectivity index (χ0n) is 20.1. The van der Waals surface area contributed by atoms with E-state index in [1.807, 2.05) is 11.9 Å². The molecule has 8 nitrogen and oxygen atoms in total. The summed E-state index contributed by atoms with van der Waals surface area (Å²) in [7, 11) is 2.04. The Bertz CT molecular complexity index is 989. The summed E-state index contributed by atoms with van der Waals surface area (Å²) >= 11 is 5.96. The van der Waals surface area contributed by atoms with Crippen molar-refractivity contribution >= 4 is 23.4 Å². The first kappa shape index (κ1) is 25.4. The Morgan fingerprint density at radius 3 is 2.51 bits per heavy atom. The number of carbonyl (C=O) groups is 2. The number of halogens is 1. The number of aromatic nitrogens is 1. The largest absolute Gasteiger partial charge is 0.438 e. The number of hydrogen-bond acceptors (Lipinski definition) is 6. The van der Waals surface area contributed by atoms with E-state index in [1.54, 1.807) is 42.6 Å². The van der Waals surface area contributed by atoms with Gasteiger partial charge in [0.25, 0.3) is 5.91 Å². The molecule has 1 aromatic carbocycles. The molecule has 2 heterocycles. The highest BCUT2D eigenvalue weighted by Gasteiger charge is 2.30.